The predicted molar refractivity (Wildman–Crippen MR) is 78.4 cm³/mol. The lowest BCUT2D eigenvalue weighted by Gasteiger charge is -2.23. The Labute approximate surface area is 115 Å². The van der Waals surface area contributed by atoms with Crippen molar-refractivity contribution in [3.05, 3.63) is 40.9 Å². The van der Waals surface area contributed by atoms with Gasteiger partial charge in [-0.05, 0) is 45.5 Å². The molecule has 0 radical (unpaired) electrons. The largest absolute Gasteiger partial charge is 0.489 e. The van der Waals surface area contributed by atoms with Crippen LogP contribution in [0.3, 0.4) is 0 Å². The summed E-state index contributed by atoms with van der Waals surface area (Å²) >= 11 is 5.95. The third-order valence-corrected chi connectivity index (χ3v) is 2.81. The van der Waals surface area contributed by atoms with E-state index >= 15 is 0 Å². The number of hydrogen-bond donors (Lipinski definition) is 1. The van der Waals surface area contributed by atoms with Crippen molar-refractivity contribution in [2.45, 2.75) is 39.8 Å². The van der Waals surface area contributed by atoms with Crippen LogP contribution < -0.4 is 10.1 Å². The number of rotatable bonds is 6. The smallest absolute Gasteiger partial charge is 0.121 e. The lowest BCUT2D eigenvalue weighted by atomic mass is 10.1. The van der Waals surface area contributed by atoms with E-state index in [1.807, 2.05) is 24.3 Å². The second kappa shape index (κ2) is 7.45. The molecule has 2 nitrogen and oxygen atoms in total. The third-order valence-electron chi connectivity index (χ3n) is 2.58. The van der Waals surface area contributed by atoms with Crippen molar-refractivity contribution < 1.29 is 4.74 Å². The van der Waals surface area contributed by atoms with Crippen molar-refractivity contribution >= 4 is 11.6 Å². The Morgan fingerprint density at radius 1 is 1.44 bits per heavy atom. The molecule has 0 aliphatic carbocycles. The molecule has 1 N–H and O–H groups in total. The van der Waals surface area contributed by atoms with Gasteiger partial charge in [0.1, 0.15) is 11.9 Å². The number of hydrogen-bond acceptors (Lipinski definition) is 2. The molecule has 0 bridgehead atoms. The van der Waals surface area contributed by atoms with Crippen LogP contribution >= 0.6 is 11.6 Å². The molecule has 3 heteroatoms. The minimum Gasteiger partial charge on any atom is -0.489 e. The van der Waals surface area contributed by atoms with Crippen molar-refractivity contribution in [3.63, 3.8) is 0 Å². The fourth-order valence-corrected chi connectivity index (χ4v) is 1.96. The standard InChI is InChI=1S/C15H22ClNO/c1-5-17-15(9-11(2)3)12(4)18-14-8-6-7-13(16)10-14/h6-10,12,15,17H,5H2,1-4H3. The Hall–Kier alpha value is -0.990. The fraction of sp³-hybridized carbons (Fsp3) is 0.467. The average molecular weight is 268 g/mol. The Bertz CT molecular complexity index is 399. The highest BCUT2D eigenvalue weighted by Crippen LogP contribution is 2.19. The zero-order valence-corrected chi connectivity index (χ0v) is 12.3. The number of nitrogens with one attached hydrogen (secondary N) is 1. The van der Waals surface area contributed by atoms with E-state index in [0.717, 1.165) is 12.3 Å². The van der Waals surface area contributed by atoms with Crippen molar-refractivity contribution in [3.8, 4) is 5.75 Å². The quantitative estimate of drug-likeness (QED) is 0.785. The average Bonchev–Trinajstić information content (AvgIpc) is 2.27. The van der Waals surface area contributed by atoms with Gasteiger partial charge in [0.2, 0.25) is 0 Å². The van der Waals surface area contributed by atoms with Crippen LogP contribution in [0.4, 0.5) is 0 Å². The summed E-state index contributed by atoms with van der Waals surface area (Å²) in [6.07, 6.45) is 2.25. The van der Waals surface area contributed by atoms with Gasteiger partial charge in [0.05, 0.1) is 6.04 Å². The number of likely N-dealkylation sites (N-methyl/N-ethyl adjacent to an activating group) is 1. The van der Waals surface area contributed by atoms with E-state index in [1.54, 1.807) is 0 Å². The van der Waals surface area contributed by atoms with E-state index in [9.17, 15) is 0 Å². The minimum absolute atomic E-state index is 0.0540. The molecular formula is C15H22ClNO. The van der Waals surface area contributed by atoms with Crippen LogP contribution in [0.1, 0.15) is 27.7 Å². The Morgan fingerprint density at radius 2 is 2.17 bits per heavy atom. The fourth-order valence-electron chi connectivity index (χ4n) is 1.78. The maximum atomic E-state index is 5.95. The molecule has 0 saturated heterocycles. The molecule has 2 unspecified atom stereocenters. The van der Waals surface area contributed by atoms with Crippen molar-refractivity contribution in [1.29, 1.82) is 0 Å². The van der Waals surface area contributed by atoms with Crippen molar-refractivity contribution in [2.24, 2.45) is 0 Å². The zero-order chi connectivity index (χ0) is 13.5. The summed E-state index contributed by atoms with van der Waals surface area (Å²) in [6.45, 7) is 9.26. The highest BCUT2D eigenvalue weighted by atomic mass is 35.5. The van der Waals surface area contributed by atoms with E-state index < -0.39 is 0 Å². The predicted octanol–water partition coefficient (Wildman–Crippen LogP) is 4.05. The summed E-state index contributed by atoms with van der Waals surface area (Å²) in [7, 11) is 0. The molecule has 0 aromatic heterocycles. The second-order valence-electron chi connectivity index (χ2n) is 4.61. The molecule has 18 heavy (non-hydrogen) atoms. The maximum absolute atomic E-state index is 5.95. The number of ether oxygens (including phenoxy) is 1. The molecule has 0 aliphatic heterocycles. The summed E-state index contributed by atoms with van der Waals surface area (Å²) in [4.78, 5) is 0. The highest BCUT2D eigenvalue weighted by Gasteiger charge is 2.15. The van der Waals surface area contributed by atoms with Gasteiger partial charge in [0.25, 0.3) is 0 Å². The normalized spacial score (nSPS) is 13.8. The number of allylic oxidation sites excluding steroid dienone is 1. The van der Waals surface area contributed by atoms with Gasteiger partial charge in [-0.2, -0.15) is 0 Å². The Kier molecular flexibility index (Phi) is 6.23. The highest BCUT2D eigenvalue weighted by molar-refractivity contribution is 6.30. The van der Waals surface area contributed by atoms with Gasteiger partial charge in [-0.1, -0.05) is 36.2 Å². The summed E-state index contributed by atoms with van der Waals surface area (Å²) in [6, 6.07) is 7.71. The Morgan fingerprint density at radius 3 is 2.72 bits per heavy atom. The van der Waals surface area contributed by atoms with Crippen LogP contribution in [-0.4, -0.2) is 18.7 Å². The SMILES string of the molecule is CCNC(C=C(C)C)C(C)Oc1cccc(Cl)c1. The first-order valence-corrected chi connectivity index (χ1v) is 6.71. The van der Waals surface area contributed by atoms with Crippen LogP contribution in [0, 0.1) is 0 Å². The molecule has 0 fully saturated rings. The third kappa shape index (κ3) is 5.11. The lowest BCUT2D eigenvalue weighted by Crippen LogP contribution is -2.40. The van der Waals surface area contributed by atoms with Gasteiger partial charge < -0.3 is 10.1 Å². The first-order chi connectivity index (χ1) is 8.52. The first-order valence-electron chi connectivity index (χ1n) is 6.33. The number of benzene rings is 1. The summed E-state index contributed by atoms with van der Waals surface area (Å²) in [5.74, 6) is 0.806. The molecule has 0 saturated carbocycles. The Balaban J connectivity index is 2.72. The van der Waals surface area contributed by atoms with Crippen molar-refractivity contribution in [1.82, 2.24) is 5.32 Å². The monoisotopic (exact) mass is 267 g/mol. The zero-order valence-electron chi connectivity index (χ0n) is 11.5. The van der Waals surface area contributed by atoms with Gasteiger partial charge >= 0.3 is 0 Å². The maximum Gasteiger partial charge on any atom is 0.121 e. The second-order valence-corrected chi connectivity index (χ2v) is 5.04. The van der Waals surface area contributed by atoms with E-state index in [4.69, 9.17) is 16.3 Å². The van der Waals surface area contributed by atoms with E-state index in [1.165, 1.54) is 5.57 Å². The van der Waals surface area contributed by atoms with E-state index in [-0.39, 0.29) is 12.1 Å². The minimum atomic E-state index is 0.0540. The number of halogens is 1. The molecular weight excluding hydrogens is 246 g/mol. The van der Waals surface area contributed by atoms with Crippen LogP contribution in [0.2, 0.25) is 5.02 Å². The molecule has 2 atom stereocenters. The summed E-state index contributed by atoms with van der Waals surface area (Å²) in [5, 5.41) is 4.11. The van der Waals surface area contributed by atoms with Crippen LogP contribution in [-0.2, 0) is 0 Å². The van der Waals surface area contributed by atoms with Gasteiger partial charge in [0.15, 0.2) is 0 Å². The summed E-state index contributed by atoms with van der Waals surface area (Å²) < 4.78 is 5.92. The lowest BCUT2D eigenvalue weighted by molar-refractivity contribution is 0.190. The topological polar surface area (TPSA) is 21.3 Å². The molecule has 0 amide bonds. The summed E-state index contributed by atoms with van der Waals surface area (Å²) in [5.41, 5.74) is 1.28. The van der Waals surface area contributed by atoms with E-state index in [2.05, 4.69) is 39.1 Å². The molecule has 1 rings (SSSR count). The van der Waals surface area contributed by atoms with Crippen LogP contribution in [0.15, 0.2) is 35.9 Å². The van der Waals surface area contributed by atoms with Crippen LogP contribution in [0.25, 0.3) is 0 Å². The van der Waals surface area contributed by atoms with Gasteiger partial charge in [0, 0.05) is 5.02 Å². The van der Waals surface area contributed by atoms with Gasteiger partial charge in [-0.15, -0.1) is 0 Å². The molecule has 1 aromatic carbocycles. The van der Waals surface area contributed by atoms with E-state index in [0.29, 0.717) is 5.02 Å². The molecule has 1 aromatic rings. The molecule has 0 aliphatic rings. The van der Waals surface area contributed by atoms with Crippen molar-refractivity contribution in [2.75, 3.05) is 6.54 Å². The van der Waals surface area contributed by atoms with Gasteiger partial charge in [-0.25, -0.2) is 0 Å². The molecule has 100 valence electrons. The molecule has 0 spiro atoms. The molecule has 0 heterocycles. The first kappa shape index (κ1) is 15.1. The van der Waals surface area contributed by atoms with Crippen LogP contribution in [0.5, 0.6) is 5.75 Å². The van der Waals surface area contributed by atoms with Gasteiger partial charge in [-0.3, -0.25) is 0 Å².